The molecule has 1 unspecified atom stereocenters. The fourth-order valence-electron chi connectivity index (χ4n) is 1.37. The van der Waals surface area contributed by atoms with Gasteiger partial charge in [-0.15, -0.1) is 0 Å². The molecule has 5 heteroatoms. The van der Waals surface area contributed by atoms with E-state index in [1.165, 1.54) is 0 Å². The van der Waals surface area contributed by atoms with Gasteiger partial charge < -0.3 is 10.4 Å². The highest BCUT2D eigenvalue weighted by molar-refractivity contribution is 9.10. The van der Waals surface area contributed by atoms with E-state index in [9.17, 15) is 4.79 Å². The predicted octanol–water partition coefficient (Wildman–Crippen LogP) is 2.99. The van der Waals surface area contributed by atoms with Crippen LogP contribution in [0.25, 0.3) is 0 Å². The Hall–Kier alpha value is -0.580. The van der Waals surface area contributed by atoms with Crippen LogP contribution in [0.3, 0.4) is 0 Å². The summed E-state index contributed by atoms with van der Waals surface area (Å²) in [6.45, 7) is 2.27. The van der Waals surface area contributed by atoms with Crippen molar-refractivity contribution in [2.45, 2.75) is 25.9 Å². The lowest BCUT2D eigenvalue weighted by atomic mass is 10.2. The minimum absolute atomic E-state index is 0.187. The average molecular weight is 321 g/mol. The van der Waals surface area contributed by atoms with Crippen molar-refractivity contribution in [3.63, 3.8) is 0 Å². The topological polar surface area (TPSA) is 49.3 Å². The van der Waals surface area contributed by atoms with E-state index in [0.717, 1.165) is 10.9 Å². The molecular formula is C12H15BrClNO2. The number of hydrogen-bond acceptors (Lipinski definition) is 2. The van der Waals surface area contributed by atoms with Crippen molar-refractivity contribution in [2.24, 2.45) is 0 Å². The first-order chi connectivity index (χ1) is 8.00. The van der Waals surface area contributed by atoms with E-state index in [-0.39, 0.29) is 12.0 Å². The number of aliphatic hydroxyl groups is 1. The molecule has 2 N–H and O–H groups in total. The van der Waals surface area contributed by atoms with Gasteiger partial charge in [0.25, 0.3) is 5.91 Å². The van der Waals surface area contributed by atoms with E-state index in [2.05, 4.69) is 21.2 Å². The van der Waals surface area contributed by atoms with Crippen molar-refractivity contribution in [1.82, 2.24) is 5.32 Å². The van der Waals surface area contributed by atoms with Crippen molar-refractivity contribution < 1.29 is 9.90 Å². The van der Waals surface area contributed by atoms with Gasteiger partial charge in [-0.1, -0.05) is 27.5 Å². The second-order valence-corrected chi connectivity index (χ2v) is 5.19. The molecule has 17 heavy (non-hydrogen) atoms. The molecule has 1 aromatic rings. The maximum absolute atomic E-state index is 11.7. The SMILES string of the molecule is CC(O)CCCNC(=O)c1ccc(Br)cc1Cl. The molecule has 3 nitrogen and oxygen atoms in total. The van der Waals surface area contributed by atoms with Crippen LogP contribution in [-0.4, -0.2) is 23.7 Å². The van der Waals surface area contributed by atoms with Gasteiger partial charge in [-0.25, -0.2) is 0 Å². The average Bonchev–Trinajstić information content (AvgIpc) is 2.23. The van der Waals surface area contributed by atoms with E-state index in [1.54, 1.807) is 25.1 Å². The van der Waals surface area contributed by atoms with Crippen molar-refractivity contribution >= 4 is 33.4 Å². The van der Waals surface area contributed by atoms with Crippen molar-refractivity contribution in [3.05, 3.63) is 33.3 Å². The molecule has 0 aromatic heterocycles. The van der Waals surface area contributed by atoms with Gasteiger partial charge in [0.15, 0.2) is 0 Å². The Morgan fingerprint density at radius 2 is 2.29 bits per heavy atom. The molecule has 94 valence electrons. The molecule has 0 aliphatic carbocycles. The fraction of sp³-hybridized carbons (Fsp3) is 0.417. The lowest BCUT2D eigenvalue weighted by Crippen LogP contribution is -2.25. The molecule has 0 fully saturated rings. The van der Waals surface area contributed by atoms with Crippen LogP contribution in [-0.2, 0) is 0 Å². The molecule has 0 aliphatic rings. The monoisotopic (exact) mass is 319 g/mol. The van der Waals surface area contributed by atoms with Gasteiger partial charge >= 0.3 is 0 Å². The number of nitrogens with one attached hydrogen (secondary N) is 1. The molecule has 0 saturated carbocycles. The van der Waals surface area contributed by atoms with Gasteiger partial charge in [-0.2, -0.15) is 0 Å². The standard InChI is InChI=1S/C12H15BrClNO2/c1-8(16)3-2-6-15-12(17)10-5-4-9(13)7-11(10)14/h4-5,7-8,16H,2-3,6H2,1H3,(H,15,17). The van der Waals surface area contributed by atoms with E-state index in [0.29, 0.717) is 23.6 Å². The fourth-order valence-corrected chi connectivity index (χ4v) is 2.13. The summed E-state index contributed by atoms with van der Waals surface area (Å²) in [7, 11) is 0. The molecule has 0 aliphatic heterocycles. The molecule has 1 rings (SSSR count). The zero-order valence-corrected chi connectivity index (χ0v) is 11.9. The third-order valence-electron chi connectivity index (χ3n) is 2.26. The van der Waals surface area contributed by atoms with Gasteiger partial charge in [0.1, 0.15) is 0 Å². The molecule has 1 amide bonds. The molecule has 0 spiro atoms. The molecule has 0 saturated heterocycles. The summed E-state index contributed by atoms with van der Waals surface area (Å²) in [6.07, 6.45) is 1.09. The molecule has 1 atom stereocenters. The number of rotatable bonds is 5. The smallest absolute Gasteiger partial charge is 0.252 e. The van der Waals surface area contributed by atoms with Crippen LogP contribution < -0.4 is 5.32 Å². The molecular weight excluding hydrogens is 305 g/mol. The zero-order valence-electron chi connectivity index (χ0n) is 9.54. The summed E-state index contributed by atoms with van der Waals surface area (Å²) >= 11 is 9.24. The second-order valence-electron chi connectivity index (χ2n) is 3.87. The molecule has 0 heterocycles. The molecule has 1 aromatic carbocycles. The van der Waals surface area contributed by atoms with Crippen LogP contribution in [0, 0.1) is 0 Å². The van der Waals surface area contributed by atoms with Gasteiger partial charge in [0.2, 0.25) is 0 Å². The van der Waals surface area contributed by atoms with Crippen LogP contribution in [0.5, 0.6) is 0 Å². The number of carbonyl (C=O) groups is 1. The highest BCUT2D eigenvalue weighted by Gasteiger charge is 2.09. The van der Waals surface area contributed by atoms with Crippen LogP contribution in [0.2, 0.25) is 5.02 Å². The van der Waals surface area contributed by atoms with Crippen LogP contribution >= 0.6 is 27.5 Å². The summed E-state index contributed by atoms with van der Waals surface area (Å²) < 4.78 is 0.841. The molecule has 0 bridgehead atoms. The van der Waals surface area contributed by atoms with Gasteiger partial charge in [0, 0.05) is 11.0 Å². The maximum Gasteiger partial charge on any atom is 0.252 e. The summed E-state index contributed by atoms with van der Waals surface area (Å²) in [5.74, 6) is -0.187. The Morgan fingerprint density at radius 3 is 2.88 bits per heavy atom. The van der Waals surface area contributed by atoms with Crippen molar-refractivity contribution in [2.75, 3.05) is 6.54 Å². The van der Waals surface area contributed by atoms with E-state index < -0.39 is 0 Å². The summed E-state index contributed by atoms with van der Waals surface area (Å²) in [4.78, 5) is 11.7. The number of amides is 1. The van der Waals surface area contributed by atoms with E-state index in [1.807, 2.05) is 0 Å². The maximum atomic E-state index is 11.7. The highest BCUT2D eigenvalue weighted by atomic mass is 79.9. The lowest BCUT2D eigenvalue weighted by molar-refractivity contribution is 0.0950. The first kappa shape index (κ1) is 14.5. The second kappa shape index (κ2) is 6.99. The minimum atomic E-state index is -0.330. The third kappa shape index (κ3) is 5.06. The largest absolute Gasteiger partial charge is 0.393 e. The Morgan fingerprint density at radius 1 is 1.59 bits per heavy atom. The van der Waals surface area contributed by atoms with Gasteiger partial charge in [-0.05, 0) is 38.0 Å². The Labute approximate surface area is 114 Å². The first-order valence-electron chi connectivity index (χ1n) is 5.42. The summed E-state index contributed by atoms with van der Waals surface area (Å²) in [5.41, 5.74) is 0.465. The van der Waals surface area contributed by atoms with Crippen LogP contribution in [0.4, 0.5) is 0 Å². The van der Waals surface area contributed by atoms with E-state index >= 15 is 0 Å². The van der Waals surface area contributed by atoms with E-state index in [4.69, 9.17) is 16.7 Å². The Kier molecular flexibility index (Phi) is 5.95. The predicted molar refractivity (Wildman–Crippen MR) is 72.4 cm³/mol. The third-order valence-corrected chi connectivity index (χ3v) is 3.07. The van der Waals surface area contributed by atoms with Gasteiger partial charge in [0.05, 0.1) is 16.7 Å². The number of carbonyl (C=O) groups excluding carboxylic acids is 1. The quantitative estimate of drug-likeness (QED) is 0.819. The number of hydrogen-bond donors (Lipinski definition) is 2. The number of halogens is 2. The normalized spacial score (nSPS) is 12.2. The van der Waals surface area contributed by atoms with Crippen LogP contribution in [0.15, 0.2) is 22.7 Å². The van der Waals surface area contributed by atoms with Gasteiger partial charge in [-0.3, -0.25) is 4.79 Å². The number of aliphatic hydroxyl groups excluding tert-OH is 1. The minimum Gasteiger partial charge on any atom is -0.393 e. The Balaban J connectivity index is 2.47. The number of benzene rings is 1. The van der Waals surface area contributed by atoms with Crippen molar-refractivity contribution in [1.29, 1.82) is 0 Å². The summed E-state index contributed by atoms with van der Waals surface area (Å²) in [6, 6.07) is 5.14. The lowest BCUT2D eigenvalue weighted by Gasteiger charge is -2.08. The summed E-state index contributed by atoms with van der Waals surface area (Å²) in [5, 5.41) is 12.3. The highest BCUT2D eigenvalue weighted by Crippen LogP contribution is 2.21. The zero-order chi connectivity index (χ0) is 12.8. The van der Waals surface area contributed by atoms with Crippen LogP contribution in [0.1, 0.15) is 30.1 Å². The Bertz CT molecular complexity index is 396. The first-order valence-corrected chi connectivity index (χ1v) is 6.59. The van der Waals surface area contributed by atoms with Crippen molar-refractivity contribution in [3.8, 4) is 0 Å². The molecule has 0 radical (unpaired) electrons.